The Labute approximate surface area is 161 Å². The number of amides is 1. The van der Waals surface area contributed by atoms with E-state index in [4.69, 9.17) is 5.11 Å². The van der Waals surface area contributed by atoms with E-state index in [0.29, 0.717) is 6.54 Å². The summed E-state index contributed by atoms with van der Waals surface area (Å²) in [6.07, 6.45) is 15.0. The minimum absolute atomic E-state index is 0.0000734. The molecule has 3 nitrogen and oxygen atoms in total. The van der Waals surface area contributed by atoms with Crippen LogP contribution >= 0.6 is 0 Å². The number of hydrogen-bond donors (Lipinski definition) is 1. The van der Waals surface area contributed by atoms with Gasteiger partial charge < -0.3 is 10.0 Å². The average molecular weight is 362 g/mol. The Hall–Kier alpha value is -1.61. The molecule has 26 heavy (non-hydrogen) atoms. The number of aliphatic hydroxyl groups is 1. The summed E-state index contributed by atoms with van der Waals surface area (Å²) in [5.74, 6) is -0.0361. The second-order valence-corrected chi connectivity index (χ2v) is 7.47. The molecule has 0 aliphatic carbocycles. The van der Waals surface area contributed by atoms with Crippen molar-refractivity contribution in [1.82, 2.24) is 4.90 Å². The van der Waals surface area contributed by atoms with Crippen molar-refractivity contribution in [3.05, 3.63) is 46.6 Å². The summed E-state index contributed by atoms with van der Waals surface area (Å²) < 4.78 is 0. The highest BCUT2D eigenvalue weighted by atomic mass is 16.3. The second kappa shape index (κ2) is 14.5. The van der Waals surface area contributed by atoms with Crippen LogP contribution in [-0.2, 0) is 4.79 Å². The second-order valence-electron chi connectivity index (χ2n) is 7.47. The molecular formula is C23H39NO2. The molecule has 0 aliphatic rings. The summed E-state index contributed by atoms with van der Waals surface area (Å²) in [6, 6.07) is 0. The summed E-state index contributed by atoms with van der Waals surface area (Å²) in [7, 11) is 1.71. The highest BCUT2D eigenvalue weighted by Gasteiger charge is 2.04. The molecule has 3 heteroatoms. The van der Waals surface area contributed by atoms with E-state index >= 15 is 0 Å². The van der Waals surface area contributed by atoms with E-state index in [1.54, 1.807) is 13.1 Å². The van der Waals surface area contributed by atoms with Gasteiger partial charge in [-0.2, -0.15) is 0 Å². The van der Waals surface area contributed by atoms with Gasteiger partial charge in [0.05, 0.1) is 6.61 Å². The van der Waals surface area contributed by atoms with E-state index in [2.05, 4.69) is 45.9 Å². The maximum atomic E-state index is 11.9. The lowest BCUT2D eigenvalue weighted by Gasteiger charge is -2.13. The third-order valence-corrected chi connectivity index (χ3v) is 4.34. The molecular weight excluding hydrogens is 322 g/mol. The fraction of sp³-hybridized carbons (Fsp3) is 0.609. The largest absolute Gasteiger partial charge is 0.395 e. The molecule has 148 valence electrons. The minimum atomic E-state index is -0.0361. The smallest absolute Gasteiger partial charge is 0.246 e. The molecule has 0 radical (unpaired) electrons. The number of carbonyl (C=O) groups excluding carboxylic acids is 1. The normalized spacial score (nSPS) is 13.0. The first-order chi connectivity index (χ1) is 12.3. The van der Waals surface area contributed by atoms with Gasteiger partial charge in [-0.25, -0.2) is 0 Å². The predicted molar refractivity (Wildman–Crippen MR) is 113 cm³/mol. The van der Waals surface area contributed by atoms with E-state index in [1.807, 2.05) is 6.92 Å². The molecule has 0 aromatic carbocycles. The first-order valence-electron chi connectivity index (χ1n) is 9.74. The topological polar surface area (TPSA) is 40.5 Å². The van der Waals surface area contributed by atoms with Crippen molar-refractivity contribution >= 4 is 5.91 Å². The van der Waals surface area contributed by atoms with Crippen LogP contribution in [0.5, 0.6) is 0 Å². The molecule has 0 bridgehead atoms. The Morgan fingerprint density at radius 3 is 1.73 bits per heavy atom. The van der Waals surface area contributed by atoms with E-state index in [0.717, 1.165) is 44.1 Å². The Morgan fingerprint density at radius 1 is 0.808 bits per heavy atom. The maximum Gasteiger partial charge on any atom is 0.246 e. The molecule has 0 saturated heterocycles. The third-order valence-electron chi connectivity index (χ3n) is 4.34. The molecule has 0 atom stereocenters. The fourth-order valence-corrected chi connectivity index (χ4v) is 2.54. The van der Waals surface area contributed by atoms with Crippen molar-refractivity contribution in [3.8, 4) is 0 Å². The zero-order valence-electron chi connectivity index (χ0n) is 17.8. The Balaban J connectivity index is 4.17. The lowest BCUT2D eigenvalue weighted by molar-refractivity contribution is -0.125. The van der Waals surface area contributed by atoms with Gasteiger partial charge in [0.2, 0.25) is 5.91 Å². The van der Waals surface area contributed by atoms with Gasteiger partial charge in [0.1, 0.15) is 0 Å². The number of rotatable bonds is 12. The molecule has 0 saturated carbocycles. The van der Waals surface area contributed by atoms with Crippen LogP contribution in [0.4, 0.5) is 0 Å². The summed E-state index contributed by atoms with van der Waals surface area (Å²) in [6.45, 7) is 11.1. The molecule has 0 rings (SSSR count). The van der Waals surface area contributed by atoms with Crippen LogP contribution in [0.3, 0.4) is 0 Å². The third kappa shape index (κ3) is 13.7. The molecule has 1 amide bonds. The Bertz CT molecular complexity index is 534. The van der Waals surface area contributed by atoms with Crippen LogP contribution in [0.25, 0.3) is 0 Å². The summed E-state index contributed by atoms with van der Waals surface area (Å²) in [5, 5.41) is 8.86. The molecule has 0 aromatic heterocycles. The van der Waals surface area contributed by atoms with E-state index in [-0.39, 0.29) is 12.5 Å². The first-order valence-corrected chi connectivity index (χ1v) is 9.74. The molecule has 0 fully saturated rings. The van der Waals surface area contributed by atoms with Gasteiger partial charge in [-0.3, -0.25) is 4.79 Å². The Morgan fingerprint density at radius 2 is 1.27 bits per heavy atom. The van der Waals surface area contributed by atoms with Crippen molar-refractivity contribution in [3.63, 3.8) is 0 Å². The highest BCUT2D eigenvalue weighted by Crippen LogP contribution is 2.13. The molecule has 0 aromatic rings. The van der Waals surface area contributed by atoms with Crippen molar-refractivity contribution in [2.75, 3.05) is 20.2 Å². The van der Waals surface area contributed by atoms with Gasteiger partial charge >= 0.3 is 0 Å². The predicted octanol–water partition coefficient (Wildman–Crippen LogP) is 5.58. The van der Waals surface area contributed by atoms with Crippen molar-refractivity contribution in [2.24, 2.45) is 0 Å². The van der Waals surface area contributed by atoms with E-state index in [9.17, 15) is 4.79 Å². The lowest BCUT2D eigenvalue weighted by atomic mass is 10.0. The summed E-state index contributed by atoms with van der Waals surface area (Å²) in [4.78, 5) is 13.4. The number of aliphatic hydroxyl groups excluding tert-OH is 1. The minimum Gasteiger partial charge on any atom is -0.395 e. The quantitative estimate of drug-likeness (QED) is 0.364. The van der Waals surface area contributed by atoms with Gasteiger partial charge in [0, 0.05) is 19.7 Å². The zero-order valence-corrected chi connectivity index (χ0v) is 17.8. The van der Waals surface area contributed by atoms with Crippen molar-refractivity contribution in [2.45, 2.75) is 73.1 Å². The molecule has 0 spiro atoms. The van der Waals surface area contributed by atoms with Gasteiger partial charge in [-0.15, -0.1) is 0 Å². The van der Waals surface area contributed by atoms with Crippen molar-refractivity contribution < 1.29 is 9.90 Å². The van der Waals surface area contributed by atoms with Crippen LogP contribution in [0, 0.1) is 0 Å². The monoisotopic (exact) mass is 361 g/mol. The number of likely N-dealkylation sites (N-methyl/N-ethyl adjacent to an activating group) is 1. The average Bonchev–Trinajstić information content (AvgIpc) is 2.54. The van der Waals surface area contributed by atoms with Gasteiger partial charge in [0.15, 0.2) is 0 Å². The number of nitrogens with zero attached hydrogens (tertiary/aromatic N) is 1. The van der Waals surface area contributed by atoms with Crippen LogP contribution in [-0.4, -0.2) is 36.1 Å². The van der Waals surface area contributed by atoms with Gasteiger partial charge in [-0.05, 0) is 73.1 Å². The molecule has 0 heterocycles. The van der Waals surface area contributed by atoms with E-state index in [1.165, 1.54) is 21.6 Å². The Kier molecular flexibility index (Phi) is 13.6. The fourth-order valence-electron chi connectivity index (χ4n) is 2.54. The lowest BCUT2D eigenvalue weighted by Crippen LogP contribution is -2.27. The molecule has 0 unspecified atom stereocenters. The van der Waals surface area contributed by atoms with Gasteiger partial charge in [-0.1, -0.05) is 40.5 Å². The van der Waals surface area contributed by atoms with Crippen molar-refractivity contribution in [1.29, 1.82) is 0 Å². The first kappa shape index (κ1) is 24.4. The SMILES string of the molecule is CC(C)=CCCC(C)=CCCC(C)=CCCC(C)=CC(=O)N(C)CCO. The maximum absolute atomic E-state index is 11.9. The van der Waals surface area contributed by atoms with Crippen LogP contribution < -0.4 is 0 Å². The van der Waals surface area contributed by atoms with Crippen LogP contribution in [0.1, 0.15) is 73.1 Å². The zero-order chi connectivity index (χ0) is 19.9. The molecule has 0 aliphatic heterocycles. The standard InChI is InChI=1S/C23H39NO2/c1-19(2)10-7-11-20(3)12-8-13-21(4)14-9-15-22(5)18-23(26)24(6)16-17-25/h10,12,14,18,25H,7-9,11,13,15-17H2,1-6H3. The van der Waals surface area contributed by atoms with Crippen LogP contribution in [0.2, 0.25) is 0 Å². The number of allylic oxidation sites excluding steroid dienone is 7. The summed E-state index contributed by atoms with van der Waals surface area (Å²) in [5.41, 5.74) is 5.36. The highest BCUT2D eigenvalue weighted by molar-refractivity contribution is 5.88. The summed E-state index contributed by atoms with van der Waals surface area (Å²) >= 11 is 0. The van der Waals surface area contributed by atoms with E-state index < -0.39 is 0 Å². The van der Waals surface area contributed by atoms with Crippen LogP contribution in [0.15, 0.2) is 46.6 Å². The van der Waals surface area contributed by atoms with Gasteiger partial charge in [0.25, 0.3) is 0 Å². The number of carbonyl (C=O) groups is 1. The number of hydrogen-bond acceptors (Lipinski definition) is 2. The molecule has 1 N–H and O–H groups in total.